The molecule has 0 saturated carbocycles. The van der Waals surface area contributed by atoms with Crippen molar-refractivity contribution in [2.45, 2.75) is 49.6 Å². The van der Waals surface area contributed by atoms with Gasteiger partial charge in [-0.1, -0.05) is 48.0 Å². The van der Waals surface area contributed by atoms with Crippen LogP contribution in [0.25, 0.3) is 0 Å². The molecule has 8 heteroatoms. The predicted molar refractivity (Wildman–Crippen MR) is 136 cm³/mol. The molecular formula is C27H27ClN2O4S. The molecule has 1 amide bonds. The monoisotopic (exact) mass is 510 g/mol. The summed E-state index contributed by atoms with van der Waals surface area (Å²) in [5.74, 6) is -0.0779. The van der Waals surface area contributed by atoms with Crippen LogP contribution in [0.5, 0.6) is 5.75 Å². The third-order valence-electron chi connectivity index (χ3n) is 6.65. The molecule has 6 nitrogen and oxygen atoms in total. The van der Waals surface area contributed by atoms with Crippen LogP contribution in [-0.4, -0.2) is 27.0 Å². The minimum absolute atomic E-state index is 0.134. The first-order chi connectivity index (χ1) is 16.8. The molecule has 1 aliphatic heterocycles. The third-order valence-corrected chi connectivity index (χ3v) is 8.67. The molecule has 0 radical (unpaired) electrons. The highest BCUT2D eigenvalue weighted by Gasteiger charge is 2.38. The van der Waals surface area contributed by atoms with Gasteiger partial charge in [-0.05, 0) is 79.6 Å². The molecule has 5 rings (SSSR count). The van der Waals surface area contributed by atoms with Crippen molar-refractivity contribution >= 4 is 33.2 Å². The molecule has 0 unspecified atom stereocenters. The smallest absolute Gasteiger partial charge is 0.264 e. The number of benzene rings is 3. The lowest BCUT2D eigenvalue weighted by Gasteiger charge is -2.35. The van der Waals surface area contributed by atoms with Crippen LogP contribution in [-0.2, 0) is 27.7 Å². The average molecular weight is 511 g/mol. The van der Waals surface area contributed by atoms with E-state index in [2.05, 4.69) is 23.5 Å². The van der Waals surface area contributed by atoms with Gasteiger partial charge in [-0.2, -0.15) is 0 Å². The van der Waals surface area contributed by atoms with Gasteiger partial charge in [0.2, 0.25) is 0 Å². The number of anilines is 1. The summed E-state index contributed by atoms with van der Waals surface area (Å²) in [4.78, 5) is 13.4. The Morgan fingerprint density at radius 1 is 1.03 bits per heavy atom. The Kier molecular flexibility index (Phi) is 6.47. The molecular weight excluding hydrogens is 484 g/mol. The van der Waals surface area contributed by atoms with Crippen LogP contribution in [0.3, 0.4) is 0 Å². The van der Waals surface area contributed by atoms with Crippen LogP contribution in [0.2, 0.25) is 5.02 Å². The van der Waals surface area contributed by atoms with E-state index < -0.39 is 16.1 Å². The number of carbonyl (C=O) groups excluding carboxylic acids is 1. The summed E-state index contributed by atoms with van der Waals surface area (Å²) in [5.41, 5.74) is 4.06. The van der Waals surface area contributed by atoms with Crippen molar-refractivity contribution in [1.29, 1.82) is 0 Å². The maximum atomic E-state index is 13.5. The van der Waals surface area contributed by atoms with Gasteiger partial charge >= 0.3 is 0 Å². The van der Waals surface area contributed by atoms with E-state index in [1.165, 1.54) is 40.4 Å². The summed E-state index contributed by atoms with van der Waals surface area (Å²) in [5, 5.41) is 3.39. The summed E-state index contributed by atoms with van der Waals surface area (Å²) in [6, 6.07) is 19.0. The van der Waals surface area contributed by atoms with Crippen molar-refractivity contribution in [2.24, 2.45) is 0 Å². The molecule has 0 bridgehead atoms. The van der Waals surface area contributed by atoms with Gasteiger partial charge in [0, 0.05) is 5.02 Å². The SMILES string of the molecule is C[C@H](NC(=O)[C@H]1CN(S(=O)(=O)c2ccccc2)c2cc(Cl)ccc2O1)c1ccc2c(c1)CCCC2. The quantitative estimate of drug-likeness (QED) is 0.521. The number of amides is 1. The predicted octanol–water partition coefficient (Wildman–Crippen LogP) is 5.05. The topological polar surface area (TPSA) is 75.7 Å². The second kappa shape index (κ2) is 9.55. The zero-order chi connectivity index (χ0) is 24.6. The summed E-state index contributed by atoms with van der Waals surface area (Å²) in [7, 11) is -3.93. The molecule has 1 aliphatic carbocycles. The maximum absolute atomic E-state index is 13.5. The number of hydrogen-bond donors (Lipinski definition) is 1. The molecule has 3 aromatic carbocycles. The Morgan fingerprint density at radius 3 is 2.54 bits per heavy atom. The minimum Gasteiger partial charge on any atom is -0.476 e. The van der Waals surface area contributed by atoms with E-state index in [0.717, 1.165) is 18.4 Å². The number of fused-ring (bicyclic) bond motifs is 2. The number of carbonyl (C=O) groups is 1. The van der Waals surface area contributed by atoms with Crippen LogP contribution in [0, 0.1) is 0 Å². The summed E-state index contributed by atoms with van der Waals surface area (Å²) < 4.78 is 34.2. The van der Waals surface area contributed by atoms with E-state index in [1.807, 2.05) is 6.92 Å². The van der Waals surface area contributed by atoms with E-state index in [4.69, 9.17) is 16.3 Å². The molecule has 0 saturated heterocycles. The highest BCUT2D eigenvalue weighted by molar-refractivity contribution is 7.92. The molecule has 1 N–H and O–H groups in total. The zero-order valence-corrected chi connectivity index (χ0v) is 21.0. The lowest BCUT2D eigenvalue weighted by atomic mass is 9.89. The van der Waals surface area contributed by atoms with E-state index in [-0.39, 0.29) is 23.4 Å². The average Bonchev–Trinajstić information content (AvgIpc) is 2.88. The van der Waals surface area contributed by atoms with Gasteiger partial charge in [0.05, 0.1) is 23.2 Å². The van der Waals surface area contributed by atoms with Crippen molar-refractivity contribution in [3.8, 4) is 5.75 Å². The lowest BCUT2D eigenvalue weighted by Crippen LogP contribution is -2.51. The van der Waals surface area contributed by atoms with Crippen LogP contribution in [0.1, 0.15) is 42.5 Å². The van der Waals surface area contributed by atoms with Crippen molar-refractivity contribution in [3.05, 3.63) is 88.4 Å². The van der Waals surface area contributed by atoms with E-state index in [1.54, 1.807) is 36.4 Å². The normalized spacial score (nSPS) is 18.1. The molecule has 0 aromatic heterocycles. The Hall–Kier alpha value is -3.03. The largest absolute Gasteiger partial charge is 0.476 e. The number of halogens is 1. The zero-order valence-electron chi connectivity index (χ0n) is 19.4. The molecule has 35 heavy (non-hydrogen) atoms. The summed E-state index contributed by atoms with van der Waals surface area (Å²) >= 11 is 6.17. The van der Waals surface area contributed by atoms with Crippen LogP contribution >= 0.6 is 11.6 Å². The summed E-state index contributed by atoms with van der Waals surface area (Å²) in [6.07, 6.45) is 3.54. The number of ether oxygens (including phenoxy) is 1. The fraction of sp³-hybridized carbons (Fsp3) is 0.296. The van der Waals surface area contributed by atoms with Gasteiger partial charge in [0.25, 0.3) is 15.9 Å². The van der Waals surface area contributed by atoms with Crippen molar-refractivity contribution < 1.29 is 17.9 Å². The molecule has 2 aliphatic rings. The van der Waals surface area contributed by atoms with E-state index in [9.17, 15) is 13.2 Å². The lowest BCUT2D eigenvalue weighted by molar-refractivity contribution is -0.128. The fourth-order valence-corrected chi connectivity index (χ4v) is 6.38. The first-order valence-corrected chi connectivity index (χ1v) is 13.6. The van der Waals surface area contributed by atoms with Crippen molar-refractivity contribution in [2.75, 3.05) is 10.8 Å². The molecule has 1 heterocycles. The number of nitrogens with zero attached hydrogens (tertiary/aromatic N) is 1. The van der Waals surface area contributed by atoms with E-state index in [0.29, 0.717) is 16.5 Å². The van der Waals surface area contributed by atoms with Gasteiger partial charge in [-0.15, -0.1) is 0 Å². The second-order valence-electron chi connectivity index (χ2n) is 9.03. The highest BCUT2D eigenvalue weighted by atomic mass is 35.5. The number of hydrogen-bond acceptors (Lipinski definition) is 4. The number of nitrogens with one attached hydrogen (secondary N) is 1. The maximum Gasteiger partial charge on any atom is 0.264 e. The van der Waals surface area contributed by atoms with E-state index >= 15 is 0 Å². The molecule has 182 valence electrons. The first-order valence-electron chi connectivity index (χ1n) is 11.8. The Morgan fingerprint density at radius 2 is 1.77 bits per heavy atom. The van der Waals surface area contributed by atoms with Crippen molar-refractivity contribution in [3.63, 3.8) is 0 Å². The molecule has 3 aromatic rings. The molecule has 0 spiro atoms. The fourth-order valence-electron chi connectivity index (χ4n) is 4.72. The van der Waals surface area contributed by atoms with Gasteiger partial charge in [0.1, 0.15) is 5.75 Å². The molecule has 2 atom stereocenters. The van der Waals surface area contributed by atoms with Gasteiger partial charge in [-0.3, -0.25) is 9.10 Å². The minimum atomic E-state index is -3.93. The standard InChI is InChI=1S/C27H27ClN2O4S/c1-18(20-12-11-19-7-5-6-8-21(19)15-20)29-27(31)26-17-30(24-16-22(28)13-14-25(24)34-26)35(32,33)23-9-3-2-4-10-23/h2-4,9-16,18,26H,5-8,17H2,1H3,(H,29,31)/t18-,26+/m0/s1. The Labute approximate surface area is 210 Å². The number of aryl methyl sites for hydroxylation is 2. The van der Waals surface area contributed by atoms with Crippen LogP contribution in [0.4, 0.5) is 5.69 Å². The van der Waals surface area contributed by atoms with Gasteiger partial charge < -0.3 is 10.1 Å². The number of sulfonamides is 1. The number of rotatable bonds is 5. The first kappa shape index (κ1) is 23.7. The Bertz CT molecular complexity index is 1360. The highest BCUT2D eigenvalue weighted by Crippen LogP contribution is 2.39. The van der Waals surface area contributed by atoms with Crippen molar-refractivity contribution in [1.82, 2.24) is 5.32 Å². The Balaban J connectivity index is 1.40. The molecule has 0 fully saturated rings. The van der Waals surface area contributed by atoms with Crippen LogP contribution in [0.15, 0.2) is 71.6 Å². The van der Waals surface area contributed by atoms with Crippen LogP contribution < -0.4 is 14.4 Å². The third kappa shape index (κ3) is 4.75. The van der Waals surface area contributed by atoms with Gasteiger partial charge in [0.15, 0.2) is 6.10 Å². The summed E-state index contributed by atoms with van der Waals surface area (Å²) in [6.45, 7) is 1.77. The second-order valence-corrected chi connectivity index (χ2v) is 11.3. The van der Waals surface area contributed by atoms with Gasteiger partial charge in [-0.25, -0.2) is 8.42 Å².